The number of nitriles is 1. The molecule has 0 saturated carbocycles. The van der Waals surface area contributed by atoms with Crippen LogP contribution in [0.25, 0.3) is 0 Å². The Labute approximate surface area is 136 Å². The molecule has 1 atom stereocenters. The Balaban J connectivity index is 2.12. The molecule has 23 heavy (non-hydrogen) atoms. The number of sulfonamides is 2. The van der Waals surface area contributed by atoms with E-state index in [1.54, 1.807) is 12.1 Å². The molecule has 1 aromatic carbocycles. The van der Waals surface area contributed by atoms with Crippen LogP contribution in [-0.2, 0) is 20.0 Å². The molecule has 1 aromatic rings. The van der Waals surface area contributed by atoms with Gasteiger partial charge in [0.25, 0.3) is 0 Å². The van der Waals surface area contributed by atoms with Crippen LogP contribution in [0.5, 0.6) is 0 Å². The first-order chi connectivity index (χ1) is 10.8. The Morgan fingerprint density at radius 3 is 2.70 bits per heavy atom. The van der Waals surface area contributed by atoms with Crippen LogP contribution >= 0.6 is 0 Å². The summed E-state index contributed by atoms with van der Waals surface area (Å²) in [5.41, 5.74) is 0.100. The second-order valence-corrected chi connectivity index (χ2v) is 8.80. The molecular weight excluding hydrogens is 338 g/mol. The van der Waals surface area contributed by atoms with Gasteiger partial charge in [-0.3, -0.25) is 0 Å². The molecule has 0 aliphatic carbocycles. The van der Waals surface area contributed by atoms with Crippen molar-refractivity contribution in [2.45, 2.75) is 11.3 Å². The Bertz CT molecular complexity index is 841. The number of rotatable bonds is 6. The van der Waals surface area contributed by atoms with Crippen molar-refractivity contribution in [1.82, 2.24) is 9.03 Å². The minimum atomic E-state index is -3.76. The molecule has 0 aromatic heterocycles. The van der Waals surface area contributed by atoms with Gasteiger partial charge in [-0.2, -0.15) is 9.57 Å². The fourth-order valence-electron chi connectivity index (χ4n) is 2.40. The summed E-state index contributed by atoms with van der Waals surface area (Å²) in [6.07, 6.45) is 0.549. The molecule has 124 valence electrons. The van der Waals surface area contributed by atoms with Gasteiger partial charge in [0.15, 0.2) is 0 Å². The third kappa shape index (κ3) is 3.97. The van der Waals surface area contributed by atoms with Crippen molar-refractivity contribution in [3.63, 3.8) is 0 Å². The molecule has 7 nitrogen and oxygen atoms in total. The van der Waals surface area contributed by atoms with E-state index >= 15 is 0 Å². The zero-order valence-electron chi connectivity index (χ0n) is 12.3. The lowest BCUT2D eigenvalue weighted by molar-refractivity contribution is 0.454. The molecule has 2 rings (SSSR count). The zero-order chi connectivity index (χ0) is 17.1. The van der Waals surface area contributed by atoms with Gasteiger partial charge in [-0.1, -0.05) is 18.7 Å². The summed E-state index contributed by atoms with van der Waals surface area (Å²) in [5.74, 6) is -0.117. The molecule has 1 fully saturated rings. The summed E-state index contributed by atoms with van der Waals surface area (Å²) in [5, 5.41) is 9.88. The Hall–Kier alpha value is -1.73. The Morgan fingerprint density at radius 2 is 2.04 bits per heavy atom. The third-order valence-electron chi connectivity index (χ3n) is 3.67. The highest BCUT2D eigenvalue weighted by Crippen LogP contribution is 2.26. The lowest BCUT2D eigenvalue weighted by Crippen LogP contribution is -2.32. The third-order valence-corrected chi connectivity index (χ3v) is 6.60. The maximum absolute atomic E-state index is 12.6. The normalized spacial score (nSPS) is 19.3. The molecule has 0 spiro atoms. The highest BCUT2D eigenvalue weighted by Gasteiger charge is 2.34. The maximum atomic E-state index is 12.6. The maximum Gasteiger partial charge on any atom is 0.244 e. The van der Waals surface area contributed by atoms with E-state index in [2.05, 4.69) is 11.3 Å². The second kappa shape index (κ2) is 6.80. The minimum absolute atomic E-state index is 0.0187. The van der Waals surface area contributed by atoms with Crippen molar-refractivity contribution < 1.29 is 16.8 Å². The SMILES string of the molecule is C=CS(=O)(=O)NC[C@H]1CCN(S(=O)(=O)c2ccccc2C#N)C1. The quantitative estimate of drug-likeness (QED) is 0.805. The molecule has 1 N–H and O–H groups in total. The lowest BCUT2D eigenvalue weighted by Gasteiger charge is -2.17. The summed E-state index contributed by atoms with van der Waals surface area (Å²) < 4.78 is 51.6. The van der Waals surface area contributed by atoms with Gasteiger partial charge >= 0.3 is 0 Å². The topological polar surface area (TPSA) is 107 Å². The highest BCUT2D eigenvalue weighted by atomic mass is 32.2. The summed E-state index contributed by atoms with van der Waals surface area (Å²) >= 11 is 0. The van der Waals surface area contributed by atoms with Gasteiger partial charge in [0.1, 0.15) is 6.07 Å². The van der Waals surface area contributed by atoms with Crippen LogP contribution in [0.4, 0.5) is 0 Å². The summed E-state index contributed by atoms with van der Waals surface area (Å²) in [6, 6.07) is 7.92. The monoisotopic (exact) mass is 355 g/mol. The van der Waals surface area contributed by atoms with Crippen LogP contribution in [0.2, 0.25) is 0 Å². The largest absolute Gasteiger partial charge is 0.244 e. The van der Waals surface area contributed by atoms with Crippen LogP contribution in [0.15, 0.2) is 41.1 Å². The minimum Gasteiger partial charge on any atom is -0.211 e. The van der Waals surface area contributed by atoms with E-state index in [4.69, 9.17) is 5.26 Å². The predicted molar refractivity (Wildman–Crippen MR) is 85.1 cm³/mol. The van der Waals surface area contributed by atoms with Crippen LogP contribution in [0.3, 0.4) is 0 Å². The van der Waals surface area contributed by atoms with Crippen molar-refractivity contribution in [2.24, 2.45) is 5.92 Å². The van der Waals surface area contributed by atoms with Crippen molar-refractivity contribution in [3.05, 3.63) is 41.8 Å². The first-order valence-corrected chi connectivity index (χ1v) is 9.90. The van der Waals surface area contributed by atoms with Gasteiger partial charge in [-0.25, -0.2) is 21.6 Å². The molecular formula is C14H17N3O4S2. The molecule has 0 radical (unpaired) electrons. The van der Waals surface area contributed by atoms with E-state index in [-0.39, 0.29) is 29.5 Å². The summed E-state index contributed by atoms with van der Waals surface area (Å²) in [4.78, 5) is -0.0187. The van der Waals surface area contributed by atoms with Crippen molar-refractivity contribution >= 4 is 20.0 Å². The predicted octanol–water partition coefficient (Wildman–Crippen LogP) is 0.632. The number of hydrogen-bond acceptors (Lipinski definition) is 5. The Morgan fingerprint density at radius 1 is 1.35 bits per heavy atom. The van der Waals surface area contributed by atoms with Gasteiger partial charge in [0, 0.05) is 25.0 Å². The molecule has 1 heterocycles. The number of benzene rings is 1. The first kappa shape index (κ1) is 17.6. The van der Waals surface area contributed by atoms with Crippen molar-refractivity contribution in [3.8, 4) is 6.07 Å². The highest BCUT2D eigenvalue weighted by molar-refractivity contribution is 7.92. The fraction of sp³-hybridized carbons (Fsp3) is 0.357. The molecule has 1 aliphatic heterocycles. The van der Waals surface area contributed by atoms with Crippen LogP contribution in [-0.4, -0.2) is 40.8 Å². The average Bonchev–Trinajstić information content (AvgIpc) is 3.03. The lowest BCUT2D eigenvalue weighted by atomic mass is 10.1. The molecule has 0 bridgehead atoms. The Kier molecular flexibility index (Phi) is 5.21. The van der Waals surface area contributed by atoms with Crippen LogP contribution in [0, 0.1) is 17.2 Å². The van der Waals surface area contributed by atoms with Gasteiger partial charge in [-0.15, -0.1) is 0 Å². The summed E-state index contributed by atoms with van der Waals surface area (Å²) in [6.45, 7) is 3.86. The van der Waals surface area contributed by atoms with Gasteiger partial charge in [-0.05, 0) is 24.5 Å². The van der Waals surface area contributed by atoms with E-state index in [1.165, 1.54) is 16.4 Å². The molecule has 9 heteroatoms. The van der Waals surface area contributed by atoms with E-state index < -0.39 is 20.0 Å². The second-order valence-electron chi connectivity index (χ2n) is 5.19. The average molecular weight is 355 g/mol. The molecule has 0 amide bonds. The van der Waals surface area contributed by atoms with E-state index in [0.717, 1.165) is 5.41 Å². The summed E-state index contributed by atoms with van der Waals surface area (Å²) in [7, 11) is -7.28. The number of nitrogens with one attached hydrogen (secondary N) is 1. The number of hydrogen-bond donors (Lipinski definition) is 1. The van der Waals surface area contributed by atoms with Crippen LogP contribution < -0.4 is 4.72 Å². The van der Waals surface area contributed by atoms with E-state index in [1.807, 2.05) is 6.07 Å². The smallest absolute Gasteiger partial charge is 0.211 e. The first-order valence-electron chi connectivity index (χ1n) is 6.91. The standard InChI is InChI=1S/C14H17N3O4S2/c1-2-22(18,19)16-10-12-7-8-17(11-12)23(20,21)14-6-4-3-5-13(14)9-15/h2-6,12,16H,1,7-8,10-11H2/t12-/m1/s1. The van der Waals surface area contributed by atoms with E-state index in [0.29, 0.717) is 13.0 Å². The van der Waals surface area contributed by atoms with Gasteiger partial charge < -0.3 is 0 Å². The zero-order valence-corrected chi connectivity index (χ0v) is 14.0. The van der Waals surface area contributed by atoms with Crippen LogP contribution in [0.1, 0.15) is 12.0 Å². The molecule has 0 unspecified atom stereocenters. The van der Waals surface area contributed by atoms with E-state index in [9.17, 15) is 16.8 Å². The fourth-order valence-corrected chi connectivity index (χ4v) is 4.66. The van der Waals surface area contributed by atoms with Crippen molar-refractivity contribution in [1.29, 1.82) is 5.26 Å². The molecule has 1 saturated heterocycles. The van der Waals surface area contributed by atoms with Gasteiger partial charge in [0.05, 0.1) is 10.5 Å². The van der Waals surface area contributed by atoms with Crippen molar-refractivity contribution in [2.75, 3.05) is 19.6 Å². The molecule has 1 aliphatic rings. The number of nitrogens with zero attached hydrogens (tertiary/aromatic N) is 2. The van der Waals surface area contributed by atoms with Gasteiger partial charge in [0.2, 0.25) is 20.0 Å².